The average Bonchev–Trinajstić information content (AvgIpc) is 2.57. The Morgan fingerprint density at radius 1 is 1.05 bits per heavy atom. The van der Waals surface area contributed by atoms with Crippen LogP contribution in [0.25, 0.3) is 0 Å². The smallest absolute Gasteiger partial charge is 0.321 e. The molecule has 0 fully saturated rings. The topological polar surface area (TPSA) is 41.6 Å². The highest BCUT2D eigenvalue weighted by atomic mass is 16.5. The van der Waals surface area contributed by atoms with Gasteiger partial charge in [-0.25, -0.2) is 4.79 Å². The Kier molecular flexibility index (Phi) is 6.30. The summed E-state index contributed by atoms with van der Waals surface area (Å²) in [5.41, 5.74) is 0.906. The number of nitrogens with one attached hydrogen (secondary N) is 1. The summed E-state index contributed by atoms with van der Waals surface area (Å²) in [6, 6.07) is 19.3. The summed E-state index contributed by atoms with van der Waals surface area (Å²) in [5.74, 6) is 0.855. The standard InChI is InChI=1S/C18H22N2O2/c1-2-20(16-10-5-3-6-11-16)18(21)19-14-9-15-22-17-12-7-4-8-13-17/h3-8,10-13H,2,9,14-15H2,1H3,(H,19,21). The van der Waals surface area contributed by atoms with E-state index in [1.54, 1.807) is 4.90 Å². The van der Waals surface area contributed by atoms with E-state index >= 15 is 0 Å². The van der Waals surface area contributed by atoms with E-state index in [4.69, 9.17) is 4.74 Å². The Balaban J connectivity index is 1.71. The van der Waals surface area contributed by atoms with Crippen molar-refractivity contribution in [2.45, 2.75) is 13.3 Å². The van der Waals surface area contributed by atoms with Crippen LogP contribution in [0.15, 0.2) is 60.7 Å². The zero-order chi connectivity index (χ0) is 15.6. The second-order valence-electron chi connectivity index (χ2n) is 4.83. The van der Waals surface area contributed by atoms with Gasteiger partial charge in [0.25, 0.3) is 0 Å². The van der Waals surface area contributed by atoms with Crippen molar-refractivity contribution in [2.24, 2.45) is 0 Å². The summed E-state index contributed by atoms with van der Waals surface area (Å²) < 4.78 is 5.59. The van der Waals surface area contributed by atoms with Crippen molar-refractivity contribution < 1.29 is 9.53 Å². The minimum atomic E-state index is -0.0755. The summed E-state index contributed by atoms with van der Waals surface area (Å²) >= 11 is 0. The van der Waals surface area contributed by atoms with Crippen LogP contribution >= 0.6 is 0 Å². The number of nitrogens with zero attached hydrogens (tertiary/aromatic N) is 1. The van der Waals surface area contributed by atoms with Crippen LogP contribution in [0.4, 0.5) is 10.5 Å². The zero-order valence-electron chi connectivity index (χ0n) is 12.9. The number of rotatable bonds is 7. The van der Waals surface area contributed by atoms with E-state index < -0.39 is 0 Å². The fraction of sp³-hybridized carbons (Fsp3) is 0.278. The van der Waals surface area contributed by atoms with E-state index in [0.29, 0.717) is 19.7 Å². The number of carbonyl (C=O) groups excluding carboxylic acids is 1. The molecule has 2 aromatic rings. The van der Waals surface area contributed by atoms with Crippen molar-refractivity contribution in [1.29, 1.82) is 0 Å². The molecule has 0 aliphatic heterocycles. The summed E-state index contributed by atoms with van der Waals surface area (Å²) in [4.78, 5) is 13.9. The molecule has 4 heteroatoms. The lowest BCUT2D eigenvalue weighted by molar-refractivity contribution is 0.244. The molecule has 2 aromatic carbocycles. The number of hydrogen-bond acceptors (Lipinski definition) is 2. The Bertz CT molecular complexity index is 558. The van der Waals surface area contributed by atoms with Crippen LogP contribution in [-0.2, 0) is 0 Å². The number of urea groups is 1. The number of anilines is 1. The van der Waals surface area contributed by atoms with Gasteiger partial charge in [-0.2, -0.15) is 0 Å². The molecule has 0 saturated carbocycles. The average molecular weight is 298 g/mol. The van der Waals surface area contributed by atoms with Gasteiger partial charge < -0.3 is 10.1 Å². The SMILES string of the molecule is CCN(C(=O)NCCCOc1ccccc1)c1ccccc1. The van der Waals surface area contributed by atoms with Crippen LogP contribution < -0.4 is 15.0 Å². The van der Waals surface area contributed by atoms with Gasteiger partial charge in [0.05, 0.1) is 6.61 Å². The molecule has 0 spiro atoms. The second-order valence-corrected chi connectivity index (χ2v) is 4.83. The van der Waals surface area contributed by atoms with Gasteiger partial charge in [-0.15, -0.1) is 0 Å². The number of amides is 2. The predicted octanol–water partition coefficient (Wildman–Crippen LogP) is 3.69. The van der Waals surface area contributed by atoms with Crippen molar-refractivity contribution >= 4 is 11.7 Å². The Morgan fingerprint density at radius 2 is 1.68 bits per heavy atom. The third kappa shape index (κ3) is 4.81. The molecule has 4 nitrogen and oxygen atoms in total. The highest BCUT2D eigenvalue weighted by Crippen LogP contribution is 2.12. The Hall–Kier alpha value is -2.49. The number of ether oxygens (including phenoxy) is 1. The highest BCUT2D eigenvalue weighted by molar-refractivity contribution is 5.91. The molecule has 0 heterocycles. The molecular formula is C18H22N2O2. The zero-order valence-corrected chi connectivity index (χ0v) is 12.9. The van der Waals surface area contributed by atoms with Gasteiger partial charge in [0, 0.05) is 18.8 Å². The summed E-state index contributed by atoms with van der Waals surface area (Å²) in [7, 11) is 0. The van der Waals surface area contributed by atoms with Gasteiger partial charge in [-0.05, 0) is 37.6 Å². The normalized spacial score (nSPS) is 10.0. The molecule has 0 saturated heterocycles. The molecule has 0 aromatic heterocycles. The summed E-state index contributed by atoms with van der Waals surface area (Å²) in [6.07, 6.45) is 0.771. The fourth-order valence-corrected chi connectivity index (χ4v) is 2.12. The molecule has 0 unspecified atom stereocenters. The van der Waals surface area contributed by atoms with E-state index in [2.05, 4.69) is 5.32 Å². The van der Waals surface area contributed by atoms with Crippen LogP contribution in [0.1, 0.15) is 13.3 Å². The van der Waals surface area contributed by atoms with E-state index in [0.717, 1.165) is 17.9 Å². The van der Waals surface area contributed by atoms with Crippen LogP contribution in [0.2, 0.25) is 0 Å². The first-order valence-electron chi connectivity index (χ1n) is 7.59. The number of hydrogen-bond donors (Lipinski definition) is 1. The Morgan fingerprint density at radius 3 is 2.32 bits per heavy atom. The molecule has 1 N–H and O–H groups in total. The number of para-hydroxylation sites is 2. The van der Waals surface area contributed by atoms with Gasteiger partial charge in [-0.1, -0.05) is 36.4 Å². The van der Waals surface area contributed by atoms with Crippen LogP contribution in [0.3, 0.4) is 0 Å². The van der Waals surface area contributed by atoms with E-state index in [1.165, 1.54) is 0 Å². The largest absolute Gasteiger partial charge is 0.494 e. The van der Waals surface area contributed by atoms with Gasteiger partial charge in [0.2, 0.25) is 0 Å². The molecule has 0 aliphatic carbocycles. The molecule has 0 aliphatic rings. The van der Waals surface area contributed by atoms with E-state index in [9.17, 15) is 4.79 Å². The first-order chi connectivity index (χ1) is 10.8. The molecule has 0 bridgehead atoms. The lowest BCUT2D eigenvalue weighted by Crippen LogP contribution is -2.40. The number of carbonyl (C=O) groups is 1. The van der Waals surface area contributed by atoms with Gasteiger partial charge in [0.1, 0.15) is 5.75 Å². The maximum absolute atomic E-state index is 12.2. The maximum Gasteiger partial charge on any atom is 0.321 e. The van der Waals surface area contributed by atoms with Crippen molar-refractivity contribution in [2.75, 3.05) is 24.6 Å². The van der Waals surface area contributed by atoms with Crippen molar-refractivity contribution in [3.63, 3.8) is 0 Å². The van der Waals surface area contributed by atoms with Crippen LogP contribution in [-0.4, -0.2) is 25.7 Å². The third-order valence-electron chi connectivity index (χ3n) is 3.24. The lowest BCUT2D eigenvalue weighted by atomic mass is 10.3. The quantitative estimate of drug-likeness (QED) is 0.792. The summed E-state index contributed by atoms with van der Waals surface area (Å²) in [6.45, 7) is 3.78. The monoisotopic (exact) mass is 298 g/mol. The first kappa shape index (κ1) is 15.9. The molecule has 0 atom stereocenters. The van der Waals surface area contributed by atoms with Gasteiger partial charge in [0.15, 0.2) is 0 Å². The van der Waals surface area contributed by atoms with Crippen LogP contribution in [0.5, 0.6) is 5.75 Å². The van der Waals surface area contributed by atoms with E-state index in [-0.39, 0.29) is 6.03 Å². The fourth-order valence-electron chi connectivity index (χ4n) is 2.12. The molecule has 0 radical (unpaired) electrons. The van der Waals surface area contributed by atoms with Gasteiger partial charge in [-0.3, -0.25) is 4.90 Å². The van der Waals surface area contributed by atoms with E-state index in [1.807, 2.05) is 67.6 Å². The van der Waals surface area contributed by atoms with Crippen molar-refractivity contribution in [3.8, 4) is 5.75 Å². The minimum Gasteiger partial charge on any atom is -0.494 e. The predicted molar refractivity (Wildman–Crippen MR) is 89.4 cm³/mol. The summed E-state index contributed by atoms with van der Waals surface area (Å²) in [5, 5.41) is 2.93. The lowest BCUT2D eigenvalue weighted by Gasteiger charge is -2.21. The maximum atomic E-state index is 12.2. The molecule has 2 rings (SSSR count). The minimum absolute atomic E-state index is 0.0755. The molecular weight excluding hydrogens is 276 g/mol. The third-order valence-corrected chi connectivity index (χ3v) is 3.24. The first-order valence-corrected chi connectivity index (χ1v) is 7.59. The van der Waals surface area contributed by atoms with Crippen molar-refractivity contribution in [1.82, 2.24) is 5.32 Å². The molecule has 22 heavy (non-hydrogen) atoms. The van der Waals surface area contributed by atoms with Crippen molar-refractivity contribution in [3.05, 3.63) is 60.7 Å². The van der Waals surface area contributed by atoms with Gasteiger partial charge >= 0.3 is 6.03 Å². The number of benzene rings is 2. The Labute approximate surface area is 131 Å². The molecule has 116 valence electrons. The van der Waals surface area contributed by atoms with Crippen LogP contribution in [0, 0.1) is 0 Å². The second kappa shape index (κ2) is 8.72. The highest BCUT2D eigenvalue weighted by Gasteiger charge is 2.12. The molecule has 2 amide bonds.